The van der Waals surface area contributed by atoms with E-state index in [1.165, 1.54) is 5.56 Å². The molecule has 104 valence electrons. The number of aliphatic carboxylic acids is 1. The highest BCUT2D eigenvalue weighted by atomic mass is 16.4. The highest BCUT2D eigenvalue weighted by Gasteiger charge is 2.56. The van der Waals surface area contributed by atoms with Gasteiger partial charge in [-0.15, -0.1) is 0 Å². The minimum absolute atomic E-state index is 0.0539. The van der Waals surface area contributed by atoms with Gasteiger partial charge in [-0.2, -0.15) is 0 Å². The lowest BCUT2D eigenvalue weighted by Crippen LogP contribution is -2.24. The van der Waals surface area contributed by atoms with E-state index in [0.717, 1.165) is 11.1 Å². The minimum Gasteiger partial charge on any atom is -0.481 e. The highest BCUT2D eigenvalue weighted by Crippen LogP contribution is 2.55. The van der Waals surface area contributed by atoms with Gasteiger partial charge in [-0.25, -0.2) is 0 Å². The summed E-state index contributed by atoms with van der Waals surface area (Å²) in [6.07, 6.45) is 0.215. The second kappa shape index (κ2) is 4.34. The first-order valence-corrected chi connectivity index (χ1v) is 6.71. The number of benzene rings is 1. The van der Waals surface area contributed by atoms with Crippen LogP contribution < -0.4 is 0 Å². The molecule has 1 saturated carbocycles. The average molecular weight is 262 g/mol. The third-order valence-electron chi connectivity index (χ3n) is 4.17. The Kier molecular flexibility index (Phi) is 3.21. The molecule has 1 aromatic rings. The number of aliphatic hydroxyl groups is 1. The van der Waals surface area contributed by atoms with E-state index in [1.807, 2.05) is 19.1 Å². The molecule has 2 N–H and O–H groups in total. The Balaban J connectivity index is 2.35. The van der Waals surface area contributed by atoms with Crippen LogP contribution in [0.5, 0.6) is 0 Å². The summed E-state index contributed by atoms with van der Waals surface area (Å²) in [5.74, 6) is -0.890. The molecule has 1 unspecified atom stereocenters. The average Bonchev–Trinajstić information content (AvgIpc) is 3.07. The van der Waals surface area contributed by atoms with Gasteiger partial charge in [-0.1, -0.05) is 39.0 Å². The predicted molar refractivity (Wildman–Crippen MR) is 74.1 cm³/mol. The summed E-state index contributed by atoms with van der Waals surface area (Å²) in [5, 5.41) is 19.6. The van der Waals surface area contributed by atoms with Crippen LogP contribution in [-0.4, -0.2) is 16.2 Å². The van der Waals surface area contributed by atoms with Crippen molar-refractivity contribution in [1.82, 2.24) is 0 Å². The second-order valence-electron chi connectivity index (χ2n) is 6.69. The van der Waals surface area contributed by atoms with Crippen molar-refractivity contribution in [2.45, 2.75) is 52.1 Å². The van der Waals surface area contributed by atoms with Crippen LogP contribution in [0.1, 0.15) is 56.4 Å². The van der Waals surface area contributed by atoms with Gasteiger partial charge in [-0.05, 0) is 41.9 Å². The first kappa shape index (κ1) is 14.1. The van der Waals surface area contributed by atoms with E-state index in [0.29, 0.717) is 12.8 Å². The molecule has 0 heterocycles. The molecule has 0 amide bonds. The maximum Gasteiger partial charge on any atom is 0.312 e. The van der Waals surface area contributed by atoms with Crippen LogP contribution in [0, 0.1) is 12.3 Å². The predicted octanol–water partition coefficient (Wildman–Crippen LogP) is 3.19. The Hall–Kier alpha value is -1.35. The van der Waals surface area contributed by atoms with E-state index in [1.54, 1.807) is 0 Å². The van der Waals surface area contributed by atoms with Crippen LogP contribution >= 0.6 is 0 Å². The fourth-order valence-corrected chi connectivity index (χ4v) is 2.49. The molecule has 1 aliphatic carbocycles. The number of hydrogen-bond donors (Lipinski definition) is 2. The van der Waals surface area contributed by atoms with Crippen molar-refractivity contribution in [3.8, 4) is 0 Å². The molecule has 0 bridgehead atoms. The van der Waals surface area contributed by atoms with Crippen LogP contribution in [0.25, 0.3) is 0 Å². The summed E-state index contributed by atoms with van der Waals surface area (Å²) in [6, 6.07) is 5.92. The number of carbonyl (C=O) groups is 1. The van der Waals surface area contributed by atoms with Crippen molar-refractivity contribution in [2.75, 3.05) is 0 Å². The number of carboxylic acids is 1. The summed E-state index contributed by atoms with van der Waals surface area (Å²) in [4.78, 5) is 11.3. The van der Waals surface area contributed by atoms with Crippen LogP contribution in [0.3, 0.4) is 0 Å². The van der Waals surface area contributed by atoms with Crippen LogP contribution in [0.4, 0.5) is 0 Å². The first-order chi connectivity index (χ1) is 8.68. The maximum absolute atomic E-state index is 11.3. The molecule has 1 fully saturated rings. The maximum atomic E-state index is 11.3. The zero-order chi connectivity index (χ0) is 14.4. The van der Waals surface area contributed by atoms with Gasteiger partial charge in [-0.3, -0.25) is 4.79 Å². The molecular formula is C16H22O3. The summed E-state index contributed by atoms with van der Waals surface area (Å²) in [6.45, 7) is 8.35. The lowest BCUT2D eigenvalue weighted by atomic mass is 9.83. The van der Waals surface area contributed by atoms with Gasteiger partial charge in [0, 0.05) is 0 Å². The zero-order valence-electron chi connectivity index (χ0n) is 12.0. The van der Waals surface area contributed by atoms with Crippen LogP contribution in [0.2, 0.25) is 0 Å². The topological polar surface area (TPSA) is 57.5 Å². The van der Waals surface area contributed by atoms with E-state index in [4.69, 9.17) is 0 Å². The standard InChI is InChI=1S/C16H22O3/c1-10-9-11(15(2,3)4)5-6-12(10)13(17)16(7-8-16)14(18)19/h5-6,9,13,17H,7-8H2,1-4H3,(H,18,19). The Bertz CT molecular complexity index is 507. The lowest BCUT2D eigenvalue weighted by Gasteiger charge is -2.24. The highest BCUT2D eigenvalue weighted by molar-refractivity contribution is 5.79. The SMILES string of the molecule is Cc1cc(C(C)(C)C)ccc1C(O)C1(C(=O)O)CC1. The Morgan fingerprint density at radius 3 is 2.26 bits per heavy atom. The Morgan fingerprint density at radius 2 is 1.89 bits per heavy atom. The summed E-state index contributed by atoms with van der Waals surface area (Å²) < 4.78 is 0. The van der Waals surface area contributed by atoms with Crippen LogP contribution in [-0.2, 0) is 10.2 Å². The first-order valence-electron chi connectivity index (χ1n) is 6.71. The molecule has 0 saturated heterocycles. The molecule has 0 radical (unpaired) electrons. The quantitative estimate of drug-likeness (QED) is 0.879. The van der Waals surface area contributed by atoms with Crippen molar-refractivity contribution in [3.05, 3.63) is 34.9 Å². The van der Waals surface area contributed by atoms with E-state index < -0.39 is 17.5 Å². The number of carboxylic acid groups (broad SMARTS) is 1. The van der Waals surface area contributed by atoms with Crippen molar-refractivity contribution >= 4 is 5.97 Å². The third kappa shape index (κ3) is 2.39. The van der Waals surface area contributed by atoms with Gasteiger partial charge in [0.25, 0.3) is 0 Å². The number of aryl methyl sites for hydroxylation is 1. The number of hydrogen-bond acceptors (Lipinski definition) is 2. The molecule has 1 atom stereocenters. The van der Waals surface area contributed by atoms with Gasteiger partial charge in [0.1, 0.15) is 0 Å². The Labute approximate surface area is 114 Å². The van der Waals surface area contributed by atoms with Crippen LogP contribution in [0.15, 0.2) is 18.2 Å². The lowest BCUT2D eigenvalue weighted by molar-refractivity contribution is -0.148. The van der Waals surface area contributed by atoms with Gasteiger partial charge >= 0.3 is 5.97 Å². The van der Waals surface area contributed by atoms with E-state index in [-0.39, 0.29) is 5.41 Å². The van der Waals surface area contributed by atoms with Crippen molar-refractivity contribution in [2.24, 2.45) is 5.41 Å². The van der Waals surface area contributed by atoms with Crippen molar-refractivity contribution in [1.29, 1.82) is 0 Å². The second-order valence-corrected chi connectivity index (χ2v) is 6.69. The fraction of sp³-hybridized carbons (Fsp3) is 0.562. The van der Waals surface area contributed by atoms with Crippen molar-refractivity contribution < 1.29 is 15.0 Å². The summed E-state index contributed by atoms with van der Waals surface area (Å²) in [5.41, 5.74) is 2.01. The molecule has 19 heavy (non-hydrogen) atoms. The smallest absolute Gasteiger partial charge is 0.312 e. The normalized spacial score (nSPS) is 19.0. The van der Waals surface area contributed by atoms with E-state index in [2.05, 4.69) is 26.8 Å². The van der Waals surface area contributed by atoms with Gasteiger partial charge in [0.05, 0.1) is 11.5 Å². The monoisotopic (exact) mass is 262 g/mol. The number of rotatable bonds is 3. The molecular weight excluding hydrogens is 240 g/mol. The molecule has 2 rings (SSSR count). The molecule has 0 aliphatic heterocycles. The third-order valence-corrected chi connectivity index (χ3v) is 4.17. The molecule has 0 aromatic heterocycles. The molecule has 1 aromatic carbocycles. The zero-order valence-corrected chi connectivity index (χ0v) is 12.0. The minimum atomic E-state index is -0.950. The number of aliphatic hydroxyl groups excluding tert-OH is 1. The summed E-state index contributed by atoms with van der Waals surface area (Å²) in [7, 11) is 0. The van der Waals surface area contributed by atoms with E-state index >= 15 is 0 Å². The molecule has 3 nitrogen and oxygen atoms in total. The van der Waals surface area contributed by atoms with Gasteiger partial charge < -0.3 is 10.2 Å². The van der Waals surface area contributed by atoms with Gasteiger partial charge in [0.2, 0.25) is 0 Å². The Morgan fingerprint density at radius 1 is 1.32 bits per heavy atom. The van der Waals surface area contributed by atoms with Crippen molar-refractivity contribution in [3.63, 3.8) is 0 Å². The largest absolute Gasteiger partial charge is 0.481 e. The fourth-order valence-electron chi connectivity index (χ4n) is 2.49. The van der Waals surface area contributed by atoms with Gasteiger partial charge in [0.15, 0.2) is 0 Å². The molecule has 3 heteroatoms. The van der Waals surface area contributed by atoms with E-state index in [9.17, 15) is 15.0 Å². The molecule has 1 aliphatic rings. The summed E-state index contributed by atoms with van der Waals surface area (Å²) >= 11 is 0. The molecule has 0 spiro atoms.